The number of carbonyl (C=O) groups excluding carboxylic acids is 1. The molecule has 0 amide bonds. The molecule has 0 fully saturated rings. The zero-order chi connectivity index (χ0) is 20.5. The molecule has 0 spiro atoms. The van der Waals surface area contributed by atoms with Crippen LogP contribution >= 0.6 is 0 Å². The van der Waals surface area contributed by atoms with E-state index < -0.39 is 11.6 Å². The Bertz CT molecular complexity index is 1030. The quantitative estimate of drug-likeness (QED) is 0.645. The Labute approximate surface area is 164 Å². The number of aromatic nitrogens is 1. The maximum Gasteiger partial charge on any atom is 0.338 e. The van der Waals surface area contributed by atoms with Crippen molar-refractivity contribution in [1.29, 1.82) is 0 Å². The molecule has 0 aliphatic carbocycles. The number of carbonyl (C=O) groups is 2. The van der Waals surface area contributed by atoms with Gasteiger partial charge in [-0.3, -0.25) is 4.98 Å². The number of rotatable bonds is 4. The standard InChI is InChI=1S/C23H23NO4/c1-14(15-9-11-16(12-10-15)22(27)28-23(2,3)4)20-18-8-6-5-7-17(18)19(13-24-20)21(25)26/h5-14H,1-4H3,(H,25,26). The van der Waals surface area contributed by atoms with Crippen molar-refractivity contribution in [3.8, 4) is 0 Å². The van der Waals surface area contributed by atoms with Gasteiger partial charge < -0.3 is 9.84 Å². The SMILES string of the molecule is CC(c1ccc(C(=O)OC(C)(C)C)cc1)c1ncc(C(=O)O)c2ccccc12. The number of pyridine rings is 1. The molecule has 2 aromatic carbocycles. The highest BCUT2D eigenvalue weighted by Crippen LogP contribution is 2.30. The monoisotopic (exact) mass is 377 g/mol. The molecule has 5 heteroatoms. The van der Waals surface area contributed by atoms with Gasteiger partial charge in [-0.25, -0.2) is 9.59 Å². The Morgan fingerprint density at radius 2 is 1.61 bits per heavy atom. The Kier molecular flexibility index (Phi) is 5.18. The number of carboxylic acids is 1. The third kappa shape index (κ3) is 4.03. The number of aromatic carboxylic acids is 1. The number of carboxylic acid groups (broad SMARTS) is 1. The highest BCUT2D eigenvalue weighted by atomic mass is 16.6. The molecule has 3 aromatic rings. The van der Waals surface area contributed by atoms with Gasteiger partial charge in [0.05, 0.1) is 16.8 Å². The van der Waals surface area contributed by atoms with Gasteiger partial charge in [-0.1, -0.05) is 43.3 Å². The summed E-state index contributed by atoms with van der Waals surface area (Å²) in [6.45, 7) is 7.51. The van der Waals surface area contributed by atoms with Gasteiger partial charge in [-0.05, 0) is 43.9 Å². The van der Waals surface area contributed by atoms with Crippen molar-refractivity contribution in [1.82, 2.24) is 4.98 Å². The molecule has 1 atom stereocenters. The van der Waals surface area contributed by atoms with Gasteiger partial charge in [-0.2, -0.15) is 0 Å². The normalized spacial score (nSPS) is 12.6. The fraction of sp³-hybridized carbons (Fsp3) is 0.261. The molecule has 0 saturated heterocycles. The molecule has 1 heterocycles. The lowest BCUT2D eigenvalue weighted by molar-refractivity contribution is 0.00693. The smallest absolute Gasteiger partial charge is 0.338 e. The second-order valence-electron chi connectivity index (χ2n) is 7.75. The van der Waals surface area contributed by atoms with E-state index in [1.807, 2.05) is 58.0 Å². The van der Waals surface area contributed by atoms with Gasteiger partial charge in [0.15, 0.2) is 0 Å². The topological polar surface area (TPSA) is 76.5 Å². The number of hydrogen-bond donors (Lipinski definition) is 1. The maximum absolute atomic E-state index is 12.2. The van der Waals surface area contributed by atoms with Crippen molar-refractivity contribution < 1.29 is 19.4 Å². The molecule has 1 N–H and O–H groups in total. The zero-order valence-corrected chi connectivity index (χ0v) is 16.4. The number of nitrogens with zero attached hydrogens (tertiary/aromatic N) is 1. The van der Waals surface area contributed by atoms with Crippen molar-refractivity contribution in [2.24, 2.45) is 0 Å². The minimum atomic E-state index is -0.996. The number of hydrogen-bond acceptors (Lipinski definition) is 4. The number of ether oxygens (including phenoxy) is 1. The van der Waals surface area contributed by atoms with Crippen LogP contribution < -0.4 is 0 Å². The number of esters is 1. The van der Waals surface area contributed by atoms with Crippen LogP contribution in [-0.2, 0) is 4.74 Å². The maximum atomic E-state index is 12.2. The predicted molar refractivity (Wildman–Crippen MR) is 108 cm³/mol. The third-order valence-electron chi connectivity index (χ3n) is 4.51. The summed E-state index contributed by atoms with van der Waals surface area (Å²) in [5, 5.41) is 10.9. The highest BCUT2D eigenvalue weighted by molar-refractivity contribution is 6.04. The summed E-state index contributed by atoms with van der Waals surface area (Å²) in [4.78, 5) is 28.1. The van der Waals surface area contributed by atoms with Crippen LogP contribution in [-0.4, -0.2) is 27.6 Å². The fourth-order valence-corrected chi connectivity index (χ4v) is 3.13. The lowest BCUT2D eigenvalue weighted by Gasteiger charge is -2.20. The average Bonchev–Trinajstić information content (AvgIpc) is 2.65. The van der Waals surface area contributed by atoms with Gasteiger partial charge in [-0.15, -0.1) is 0 Å². The lowest BCUT2D eigenvalue weighted by Crippen LogP contribution is -2.23. The molecule has 0 bridgehead atoms. The summed E-state index contributed by atoms with van der Waals surface area (Å²) in [6, 6.07) is 14.6. The van der Waals surface area contributed by atoms with Crippen molar-refractivity contribution >= 4 is 22.7 Å². The van der Waals surface area contributed by atoms with E-state index >= 15 is 0 Å². The van der Waals surface area contributed by atoms with E-state index in [-0.39, 0.29) is 17.5 Å². The van der Waals surface area contributed by atoms with Crippen LogP contribution in [0, 0.1) is 0 Å². The van der Waals surface area contributed by atoms with Gasteiger partial charge >= 0.3 is 11.9 Å². The van der Waals surface area contributed by atoms with Gasteiger partial charge in [0.2, 0.25) is 0 Å². The molecule has 1 unspecified atom stereocenters. The van der Waals surface area contributed by atoms with Crippen LogP contribution in [0.25, 0.3) is 10.8 Å². The van der Waals surface area contributed by atoms with E-state index in [2.05, 4.69) is 4.98 Å². The Balaban J connectivity index is 1.95. The predicted octanol–water partition coefficient (Wildman–Crippen LogP) is 5.04. The first-order chi connectivity index (χ1) is 13.2. The fourth-order valence-electron chi connectivity index (χ4n) is 3.13. The third-order valence-corrected chi connectivity index (χ3v) is 4.51. The Morgan fingerprint density at radius 3 is 2.18 bits per heavy atom. The van der Waals surface area contributed by atoms with Crippen LogP contribution in [0.1, 0.15) is 65.6 Å². The summed E-state index contributed by atoms with van der Waals surface area (Å²) in [5.74, 6) is -1.42. The van der Waals surface area contributed by atoms with Crippen LogP contribution in [0.2, 0.25) is 0 Å². The van der Waals surface area contributed by atoms with E-state index in [1.165, 1.54) is 6.20 Å². The van der Waals surface area contributed by atoms with E-state index in [1.54, 1.807) is 18.2 Å². The first-order valence-electron chi connectivity index (χ1n) is 9.11. The lowest BCUT2D eigenvalue weighted by atomic mass is 9.92. The molecular weight excluding hydrogens is 354 g/mol. The summed E-state index contributed by atoms with van der Waals surface area (Å²) in [6.07, 6.45) is 1.41. The molecule has 144 valence electrons. The molecule has 0 saturated carbocycles. The summed E-state index contributed by atoms with van der Waals surface area (Å²) in [7, 11) is 0. The highest BCUT2D eigenvalue weighted by Gasteiger charge is 2.20. The Hall–Kier alpha value is -3.21. The van der Waals surface area contributed by atoms with Crippen LogP contribution in [0.15, 0.2) is 54.7 Å². The second-order valence-corrected chi connectivity index (χ2v) is 7.75. The minimum absolute atomic E-state index is 0.0690. The molecular formula is C23H23NO4. The molecule has 0 aliphatic heterocycles. The average molecular weight is 377 g/mol. The van der Waals surface area contributed by atoms with Crippen molar-refractivity contribution in [3.63, 3.8) is 0 Å². The summed E-state index contributed by atoms with van der Waals surface area (Å²) >= 11 is 0. The minimum Gasteiger partial charge on any atom is -0.478 e. The number of fused-ring (bicyclic) bond motifs is 1. The molecule has 28 heavy (non-hydrogen) atoms. The van der Waals surface area contributed by atoms with E-state index in [4.69, 9.17) is 4.74 Å². The van der Waals surface area contributed by atoms with Crippen LogP contribution in [0.3, 0.4) is 0 Å². The van der Waals surface area contributed by atoms with E-state index in [9.17, 15) is 14.7 Å². The zero-order valence-electron chi connectivity index (χ0n) is 16.4. The number of benzene rings is 2. The van der Waals surface area contributed by atoms with Gasteiger partial charge in [0, 0.05) is 17.5 Å². The largest absolute Gasteiger partial charge is 0.478 e. The molecule has 3 rings (SSSR count). The van der Waals surface area contributed by atoms with Crippen LogP contribution in [0.5, 0.6) is 0 Å². The first-order valence-corrected chi connectivity index (χ1v) is 9.11. The molecule has 0 radical (unpaired) electrons. The summed E-state index contributed by atoms with van der Waals surface area (Å²) < 4.78 is 5.40. The van der Waals surface area contributed by atoms with Crippen molar-refractivity contribution in [2.75, 3.05) is 0 Å². The second kappa shape index (κ2) is 7.43. The molecule has 5 nitrogen and oxygen atoms in total. The van der Waals surface area contributed by atoms with Crippen molar-refractivity contribution in [2.45, 2.75) is 39.2 Å². The Morgan fingerprint density at radius 1 is 1.00 bits per heavy atom. The van der Waals surface area contributed by atoms with Crippen molar-refractivity contribution in [3.05, 3.63) is 77.1 Å². The molecule has 1 aromatic heterocycles. The summed E-state index contributed by atoms with van der Waals surface area (Å²) in [5.41, 5.74) is 1.91. The van der Waals surface area contributed by atoms with Gasteiger partial charge in [0.25, 0.3) is 0 Å². The van der Waals surface area contributed by atoms with E-state index in [0.29, 0.717) is 10.9 Å². The van der Waals surface area contributed by atoms with Crippen LogP contribution in [0.4, 0.5) is 0 Å². The molecule has 0 aliphatic rings. The van der Waals surface area contributed by atoms with E-state index in [0.717, 1.165) is 16.6 Å². The first kappa shape index (κ1) is 19.5. The van der Waals surface area contributed by atoms with Gasteiger partial charge in [0.1, 0.15) is 5.60 Å².